The van der Waals surface area contributed by atoms with Crippen LogP contribution in [0.2, 0.25) is 0 Å². The van der Waals surface area contributed by atoms with E-state index in [4.69, 9.17) is 5.26 Å². The molecule has 0 saturated carbocycles. The third-order valence-electron chi connectivity index (χ3n) is 5.36. The van der Waals surface area contributed by atoms with Gasteiger partial charge >= 0.3 is 0 Å². The first-order valence-corrected chi connectivity index (χ1v) is 9.10. The van der Waals surface area contributed by atoms with Crippen LogP contribution in [0, 0.1) is 11.3 Å². The quantitative estimate of drug-likeness (QED) is 0.711. The van der Waals surface area contributed by atoms with Crippen LogP contribution in [0.4, 0.5) is 0 Å². The number of rotatable bonds is 4. The molecule has 0 amide bonds. The van der Waals surface area contributed by atoms with Crippen LogP contribution in [0.5, 0.6) is 0 Å². The minimum Gasteiger partial charge on any atom is -0.344 e. The van der Waals surface area contributed by atoms with Crippen molar-refractivity contribution in [2.45, 2.75) is 25.3 Å². The Morgan fingerprint density at radius 3 is 2.56 bits per heavy atom. The predicted octanol–water partition coefficient (Wildman–Crippen LogP) is 4.39. The van der Waals surface area contributed by atoms with Crippen LogP contribution in [0.3, 0.4) is 0 Å². The normalized spacial score (nSPS) is 16.1. The molecule has 0 aliphatic carbocycles. The van der Waals surface area contributed by atoms with Gasteiger partial charge in [0.15, 0.2) is 0 Å². The van der Waals surface area contributed by atoms with Crippen molar-refractivity contribution >= 4 is 10.9 Å². The SMILES string of the molecule is N#Cc1ccc2ccn(C3CCN(CCc4ccccc4)CC3)c2c1. The summed E-state index contributed by atoms with van der Waals surface area (Å²) in [6.45, 7) is 3.44. The standard InChI is InChI=1S/C22H23N3/c23-17-19-6-7-20-9-15-25(22(20)16-19)21-10-13-24(14-11-21)12-8-18-4-2-1-3-5-18/h1-7,9,15-16,21H,8,10-14H2. The van der Waals surface area contributed by atoms with E-state index in [1.165, 1.54) is 29.3 Å². The summed E-state index contributed by atoms with van der Waals surface area (Å²) < 4.78 is 2.38. The fourth-order valence-corrected chi connectivity index (χ4v) is 3.89. The van der Waals surface area contributed by atoms with Gasteiger partial charge in [-0.15, -0.1) is 0 Å². The zero-order valence-electron chi connectivity index (χ0n) is 14.4. The minimum atomic E-state index is 0.541. The molecule has 126 valence electrons. The van der Waals surface area contributed by atoms with E-state index in [9.17, 15) is 0 Å². The highest BCUT2D eigenvalue weighted by molar-refractivity contribution is 5.81. The summed E-state index contributed by atoms with van der Waals surface area (Å²) in [5, 5.41) is 10.4. The highest BCUT2D eigenvalue weighted by Crippen LogP contribution is 2.28. The van der Waals surface area contributed by atoms with Crippen molar-refractivity contribution in [3.8, 4) is 6.07 Å². The summed E-state index contributed by atoms with van der Waals surface area (Å²) >= 11 is 0. The molecule has 1 aromatic heterocycles. The average Bonchev–Trinajstić information content (AvgIpc) is 3.10. The Morgan fingerprint density at radius 2 is 1.80 bits per heavy atom. The molecular weight excluding hydrogens is 306 g/mol. The van der Waals surface area contributed by atoms with Crippen LogP contribution in [-0.4, -0.2) is 29.1 Å². The maximum Gasteiger partial charge on any atom is 0.0992 e. The fraction of sp³-hybridized carbons (Fsp3) is 0.318. The zero-order valence-corrected chi connectivity index (χ0v) is 14.4. The summed E-state index contributed by atoms with van der Waals surface area (Å²) in [7, 11) is 0. The highest BCUT2D eigenvalue weighted by atomic mass is 15.1. The van der Waals surface area contributed by atoms with Gasteiger partial charge in [-0.25, -0.2) is 0 Å². The van der Waals surface area contributed by atoms with Gasteiger partial charge in [0.05, 0.1) is 11.6 Å². The lowest BCUT2D eigenvalue weighted by molar-refractivity contribution is 0.190. The van der Waals surface area contributed by atoms with Crippen LogP contribution in [-0.2, 0) is 6.42 Å². The molecule has 3 nitrogen and oxygen atoms in total. The van der Waals surface area contributed by atoms with Crippen LogP contribution in [0.25, 0.3) is 10.9 Å². The Hall–Kier alpha value is -2.57. The summed E-state index contributed by atoms with van der Waals surface area (Å²) in [6.07, 6.45) is 5.67. The monoisotopic (exact) mass is 329 g/mol. The number of hydrogen-bond donors (Lipinski definition) is 0. The molecule has 1 aliphatic rings. The summed E-state index contributed by atoms with van der Waals surface area (Å²) in [5.41, 5.74) is 3.36. The maximum atomic E-state index is 9.16. The van der Waals surface area contributed by atoms with Gasteiger partial charge in [-0.2, -0.15) is 5.26 Å². The number of nitrogens with zero attached hydrogens (tertiary/aromatic N) is 3. The molecule has 0 unspecified atom stereocenters. The molecular formula is C22H23N3. The van der Waals surface area contributed by atoms with Crippen molar-refractivity contribution in [1.82, 2.24) is 9.47 Å². The second kappa shape index (κ2) is 7.13. The molecule has 2 aromatic carbocycles. The third kappa shape index (κ3) is 3.45. The van der Waals surface area contributed by atoms with Gasteiger partial charge in [0.2, 0.25) is 0 Å². The Labute approximate surface area is 149 Å². The Kier molecular flexibility index (Phi) is 4.54. The minimum absolute atomic E-state index is 0.541. The van der Waals surface area contributed by atoms with E-state index in [0.717, 1.165) is 31.6 Å². The number of hydrogen-bond acceptors (Lipinski definition) is 2. The van der Waals surface area contributed by atoms with E-state index in [1.807, 2.05) is 12.1 Å². The topological polar surface area (TPSA) is 32.0 Å². The fourth-order valence-electron chi connectivity index (χ4n) is 3.89. The van der Waals surface area contributed by atoms with Crippen LogP contribution >= 0.6 is 0 Å². The van der Waals surface area contributed by atoms with Crippen molar-refractivity contribution in [3.05, 3.63) is 71.9 Å². The zero-order chi connectivity index (χ0) is 17.1. The first-order valence-electron chi connectivity index (χ1n) is 9.10. The second-order valence-corrected chi connectivity index (χ2v) is 6.92. The molecule has 0 radical (unpaired) electrons. The van der Waals surface area contributed by atoms with Gasteiger partial charge < -0.3 is 9.47 Å². The van der Waals surface area contributed by atoms with E-state index in [1.54, 1.807) is 0 Å². The van der Waals surface area contributed by atoms with Gasteiger partial charge in [-0.3, -0.25) is 0 Å². The largest absolute Gasteiger partial charge is 0.344 e. The summed E-state index contributed by atoms with van der Waals surface area (Å²) in [5.74, 6) is 0. The lowest BCUT2D eigenvalue weighted by Gasteiger charge is -2.33. The van der Waals surface area contributed by atoms with Crippen LogP contribution in [0.1, 0.15) is 30.0 Å². The van der Waals surface area contributed by atoms with Crippen molar-refractivity contribution < 1.29 is 0 Å². The average molecular weight is 329 g/mol. The van der Waals surface area contributed by atoms with Gasteiger partial charge in [0.1, 0.15) is 0 Å². The van der Waals surface area contributed by atoms with Crippen molar-refractivity contribution in [2.75, 3.05) is 19.6 Å². The molecule has 2 heterocycles. The van der Waals surface area contributed by atoms with E-state index in [-0.39, 0.29) is 0 Å². The molecule has 0 N–H and O–H groups in total. The number of benzene rings is 2. The van der Waals surface area contributed by atoms with Gasteiger partial charge in [0, 0.05) is 37.4 Å². The smallest absolute Gasteiger partial charge is 0.0992 e. The lowest BCUT2D eigenvalue weighted by Crippen LogP contribution is -2.35. The molecule has 0 bridgehead atoms. The number of piperidine rings is 1. The van der Waals surface area contributed by atoms with Crippen molar-refractivity contribution in [3.63, 3.8) is 0 Å². The molecule has 4 rings (SSSR count). The maximum absolute atomic E-state index is 9.16. The number of fused-ring (bicyclic) bond motifs is 1. The third-order valence-corrected chi connectivity index (χ3v) is 5.36. The molecule has 3 heteroatoms. The van der Waals surface area contributed by atoms with E-state index < -0.39 is 0 Å². The Balaban J connectivity index is 1.39. The van der Waals surface area contributed by atoms with E-state index in [0.29, 0.717) is 6.04 Å². The molecule has 0 spiro atoms. The Bertz CT molecular complexity index is 881. The first kappa shape index (κ1) is 15.9. The second-order valence-electron chi connectivity index (χ2n) is 6.92. The number of likely N-dealkylation sites (tertiary alicyclic amines) is 1. The number of aromatic nitrogens is 1. The van der Waals surface area contributed by atoms with E-state index >= 15 is 0 Å². The van der Waals surface area contributed by atoms with Gasteiger partial charge in [0.25, 0.3) is 0 Å². The van der Waals surface area contributed by atoms with Crippen LogP contribution in [0.15, 0.2) is 60.8 Å². The van der Waals surface area contributed by atoms with Gasteiger partial charge in [-0.1, -0.05) is 36.4 Å². The molecule has 25 heavy (non-hydrogen) atoms. The molecule has 0 atom stereocenters. The van der Waals surface area contributed by atoms with Crippen LogP contribution < -0.4 is 0 Å². The predicted molar refractivity (Wildman–Crippen MR) is 102 cm³/mol. The number of nitriles is 1. The molecule has 1 saturated heterocycles. The van der Waals surface area contributed by atoms with Crippen molar-refractivity contribution in [1.29, 1.82) is 5.26 Å². The molecule has 3 aromatic rings. The molecule has 1 fully saturated rings. The first-order chi connectivity index (χ1) is 12.3. The summed E-state index contributed by atoms with van der Waals surface area (Å²) in [6, 6.07) is 21.7. The van der Waals surface area contributed by atoms with E-state index in [2.05, 4.69) is 64.2 Å². The Morgan fingerprint density at radius 1 is 1.00 bits per heavy atom. The van der Waals surface area contributed by atoms with Gasteiger partial charge in [-0.05, 0) is 48.4 Å². The lowest BCUT2D eigenvalue weighted by atomic mass is 10.0. The highest BCUT2D eigenvalue weighted by Gasteiger charge is 2.21. The van der Waals surface area contributed by atoms with Crippen molar-refractivity contribution in [2.24, 2.45) is 0 Å². The summed E-state index contributed by atoms with van der Waals surface area (Å²) in [4.78, 5) is 2.58. The molecule has 1 aliphatic heterocycles.